The standard InChI is InChI=1S/C45H29N3O/c1-4-13-30(14-5-1)33-19-10-20-34(27-33)35-21-11-22-36(28-35)37-25-26-40-39(29-37)42-38(23-12-24-41(42)49-40)45-47-43(31-15-6-2-7-16-31)46-44(48-45)32-17-8-3-9-18-32/h1-29H. The summed E-state index contributed by atoms with van der Waals surface area (Å²) < 4.78 is 6.41. The maximum Gasteiger partial charge on any atom is 0.164 e. The van der Waals surface area contributed by atoms with Crippen molar-refractivity contribution in [1.82, 2.24) is 15.0 Å². The molecule has 4 heteroatoms. The quantitative estimate of drug-likeness (QED) is 0.184. The molecule has 0 spiro atoms. The Morgan fingerprint density at radius 1 is 0.306 bits per heavy atom. The van der Waals surface area contributed by atoms with E-state index in [0.29, 0.717) is 17.5 Å². The van der Waals surface area contributed by atoms with Gasteiger partial charge in [0.15, 0.2) is 17.5 Å². The van der Waals surface area contributed by atoms with Gasteiger partial charge in [-0.25, -0.2) is 15.0 Å². The van der Waals surface area contributed by atoms with Gasteiger partial charge in [-0.1, -0.05) is 146 Å². The third-order valence-electron chi connectivity index (χ3n) is 8.93. The van der Waals surface area contributed by atoms with Gasteiger partial charge in [0.2, 0.25) is 0 Å². The number of nitrogens with zero attached hydrogens (tertiary/aromatic N) is 3. The minimum absolute atomic E-state index is 0.603. The molecule has 9 aromatic rings. The summed E-state index contributed by atoms with van der Waals surface area (Å²) in [6, 6.07) is 60.6. The van der Waals surface area contributed by atoms with E-state index >= 15 is 0 Å². The van der Waals surface area contributed by atoms with Crippen LogP contribution < -0.4 is 0 Å². The van der Waals surface area contributed by atoms with Crippen molar-refractivity contribution in [2.24, 2.45) is 0 Å². The molecule has 0 radical (unpaired) electrons. The second-order valence-corrected chi connectivity index (χ2v) is 12.1. The molecule has 9 rings (SSSR count). The van der Waals surface area contributed by atoms with Crippen LogP contribution in [0.3, 0.4) is 0 Å². The highest BCUT2D eigenvalue weighted by Gasteiger charge is 2.18. The zero-order chi connectivity index (χ0) is 32.6. The van der Waals surface area contributed by atoms with Gasteiger partial charge < -0.3 is 4.42 Å². The average Bonchev–Trinajstić information content (AvgIpc) is 3.57. The van der Waals surface area contributed by atoms with Crippen LogP contribution >= 0.6 is 0 Å². The summed E-state index contributed by atoms with van der Waals surface area (Å²) in [5.41, 5.74) is 11.4. The highest BCUT2D eigenvalue weighted by molar-refractivity contribution is 6.12. The van der Waals surface area contributed by atoms with Crippen molar-refractivity contribution >= 4 is 21.9 Å². The topological polar surface area (TPSA) is 51.8 Å². The number of hydrogen-bond donors (Lipinski definition) is 0. The van der Waals surface area contributed by atoms with Crippen LogP contribution in [-0.2, 0) is 0 Å². The van der Waals surface area contributed by atoms with E-state index in [1.54, 1.807) is 0 Å². The van der Waals surface area contributed by atoms with Crippen molar-refractivity contribution in [2.75, 3.05) is 0 Å². The van der Waals surface area contributed by atoms with Gasteiger partial charge in [-0.05, 0) is 63.7 Å². The highest BCUT2D eigenvalue weighted by Crippen LogP contribution is 2.39. The molecule has 0 amide bonds. The first-order chi connectivity index (χ1) is 24.3. The molecule has 4 nitrogen and oxygen atoms in total. The molecule has 2 heterocycles. The third-order valence-corrected chi connectivity index (χ3v) is 8.93. The Labute approximate surface area is 284 Å². The zero-order valence-electron chi connectivity index (χ0n) is 26.5. The Balaban J connectivity index is 1.17. The van der Waals surface area contributed by atoms with Crippen LogP contribution in [0, 0.1) is 0 Å². The fraction of sp³-hybridized carbons (Fsp3) is 0. The summed E-state index contributed by atoms with van der Waals surface area (Å²) >= 11 is 0. The molecule has 7 aromatic carbocycles. The molecule has 0 atom stereocenters. The molecule has 0 saturated heterocycles. The molecule has 0 saturated carbocycles. The van der Waals surface area contributed by atoms with Crippen LogP contribution in [0.5, 0.6) is 0 Å². The number of hydrogen-bond acceptors (Lipinski definition) is 4. The second-order valence-electron chi connectivity index (χ2n) is 12.1. The predicted octanol–water partition coefficient (Wildman–Crippen LogP) is 11.8. The molecular weight excluding hydrogens is 599 g/mol. The molecule has 0 aliphatic heterocycles. The normalized spacial score (nSPS) is 11.3. The Hall–Kier alpha value is -6.65. The van der Waals surface area contributed by atoms with Crippen molar-refractivity contribution in [2.45, 2.75) is 0 Å². The number of rotatable bonds is 6. The van der Waals surface area contributed by atoms with E-state index < -0.39 is 0 Å². The van der Waals surface area contributed by atoms with Gasteiger partial charge in [0.25, 0.3) is 0 Å². The monoisotopic (exact) mass is 627 g/mol. The van der Waals surface area contributed by atoms with E-state index in [1.807, 2.05) is 78.9 Å². The maximum absolute atomic E-state index is 6.41. The van der Waals surface area contributed by atoms with Gasteiger partial charge in [0, 0.05) is 27.5 Å². The van der Waals surface area contributed by atoms with E-state index in [-0.39, 0.29) is 0 Å². The molecule has 49 heavy (non-hydrogen) atoms. The van der Waals surface area contributed by atoms with Crippen LogP contribution in [0.4, 0.5) is 0 Å². The summed E-state index contributed by atoms with van der Waals surface area (Å²) in [6.07, 6.45) is 0. The fourth-order valence-electron chi connectivity index (χ4n) is 6.51. The van der Waals surface area contributed by atoms with Crippen LogP contribution in [0.25, 0.3) is 89.5 Å². The number of furan rings is 1. The Bertz CT molecular complexity index is 2540. The molecule has 0 bridgehead atoms. The molecule has 0 N–H and O–H groups in total. The SMILES string of the molecule is c1ccc(-c2cccc(-c3cccc(-c4ccc5oc6cccc(-c7nc(-c8ccccc8)nc(-c8ccccc8)n7)c6c5c4)c3)c2)cc1. The summed E-state index contributed by atoms with van der Waals surface area (Å²) in [4.78, 5) is 14.9. The highest BCUT2D eigenvalue weighted by atomic mass is 16.3. The molecule has 0 aliphatic carbocycles. The van der Waals surface area contributed by atoms with E-state index in [1.165, 1.54) is 22.3 Å². The predicted molar refractivity (Wildman–Crippen MR) is 200 cm³/mol. The van der Waals surface area contributed by atoms with Crippen LogP contribution in [0.2, 0.25) is 0 Å². The van der Waals surface area contributed by atoms with Gasteiger partial charge in [0.1, 0.15) is 11.2 Å². The van der Waals surface area contributed by atoms with Crippen molar-refractivity contribution in [3.63, 3.8) is 0 Å². The molecule has 0 fully saturated rings. The smallest absolute Gasteiger partial charge is 0.164 e. The largest absolute Gasteiger partial charge is 0.456 e. The average molecular weight is 628 g/mol. The third kappa shape index (κ3) is 5.45. The molecular formula is C45H29N3O. The number of aromatic nitrogens is 3. The van der Waals surface area contributed by atoms with Crippen molar-refractivity contribution in [3.05, 3.63) is 176 Å². The molecule has 0 aliphatic rings. The molecule has 2 aromatic heterocycles. The first-order valence-electron chi connectivity index (χ1n) is 16.4. The van der Waals surface area contributed by atoms with Gasteiger partial charge in [-0.15, -0.1) is 0 Å². The van der Waals surface area contributed by atoms with Gasteiger partial charge >= 0.3 is 0 Å². The minimum atomic E-state index is 0.603. The zero-order valence-corrected chi connectivity index (χ0v) is 26.5. The van der Waals surface area contributed by atoms with Crippen molar-refractivity contribution in [3.8, 4) is 67.5 Å². The van der Waals surface area contributed by atoms with Gasteiger partial charge in [-0.2, -0.15) is 0 Å². The number of benzene rings is 7. The fourth-order valence-corrected chi connectivity index (χ4v) is 6.51. The van der Waals surface area contributed by atoms with Crippen LogP contribution in [0.1, 0.15) is 0 Å². The first kappa shape index (κ1) is 28.6. The first-order valence-corrected chi connectivity index (χ1v) is 16.4. The van der Waals surface area contributed by atoms with Gasteiger partial charge in [0.05, 0.1) is 0 Å². The van der Waals surface area contributed by atoms with E-state index in [9.17, 15) is 0 Å². The Morgan fingerprint density at radius 2 is 0.755 bits per heavy atom. The van der Waals surface area contributed by atoms with Crippen LogP contribution in [0.15, 0.2) is 180 Å². The maximum atomic E-state index is 6.41. The van der Waals surface area contributed by atoms with E-state index in [2.05, 4.69) is 97.1 Å². The minimum Gasteiger partial charge on any atom is -0.456 e. The lowest BCUT2D eigenvalue weighted by atomic mass is 9.95. The van der Waals surface area contributed by atoms with E-state index in [4.69, 9.17) is 19.4 Å². The lowest BCUT2D eigenvalue weighted by molar-refractivity contribution is 0.669. The Morgan fingerprint density at radius 3 is 1.33 bits per heavy atom. The second kappa shape index (κ2) is 12.2. The van der Waals surface area contributed by atoms with E-state index in [0.717, 1.165) is 49.8 Å². The summed E-state index contributed by atoms with van der Waals surface area (Å²) in [5.74, 6) is 1.86. The molecule has 0 unspecified atom stereocenters. The van der Waals surface area contributed by atoms with Crippen molar-refractivity contribution in [1.29, 1.82) is 0 Å². The lowest BCUT2D eigenvalue weighted by Gasteiger charge is -2.10. The molecule has 230 valence electrons. The van der Waals surface area contributed by atoms with Gasteiger partial charge in [-0.3, -0.25) is 0 Å². The summed E-state index contributed by atoms with van der Waals surface area (Å²) in [5, 5.41) is 2.00. The van der Waals surface area contributed by atoms with Crippen molar-refractivity contribution < 1.29 is 4.42 Å². The van der Waals surface area contributed by atoms with Crippen LogP contribution in [-0.4, -0.2) is 15.0 Å². The lowest BCUT2D eigenvalue weighted by Crippen LogP contribution is -2.00. The Kier molecular flexibility index (Phi) is 7.10. The number of fused-ring (bicyclic) bond motifs is 3. The summed E-state index contributed by atoms with van der Waals surface area (Å²) in [7, 11) is 0. The summed E-state index contributed by atoms with van der Waals surface area (Å²) in [6.45, 7) is 0.